The molecule has 22 heavy (non-hydrogen) atoms. The molecule has 0 atom stereocenters. The molecular formula is C14H10ClN3O4. The number of nitrogens with zero attached hydrogens (tertiary/aromatic N) is 2. The molecule has 0 unspecified atom stereocenters. The lowest BCUT2D eigenvalue weighted by Gasteiger charge is -2.02. The van der Waals surface area contributed by atoms with Crippen LogP contribution in [0.5, 0.6) is 11.5 Å². The highest BCUT2D eigenvalue weighted by Crippen LogP contribution is 2.36. The van der Waals surface area contributed by atoms with Crippen molar-refractivity contribution < 1.29 is 14.4 Å². The van der Waals surface area contributed by atoms with Crippen molar-refractivity contribution in [3.05, 3.63) is 57.1 Å². The van der Waals surface area contributed by atoms with Crippen molar-refractivity contribution >= 4 is 29.2 Å². The fourth-order valence-electron chi connectivity index (χ4n) is 1.87. The van der Waals surface area contributed by atoms with Crippen LogP contribution in [0, 0.1) is 10.1 Å². The molecule has 2 aromatic rings. The molecule has 0 amide bonds. The average molecular weight is 320 g/mol. The first-order valence-electron chi connectivity index (χ1n) is 6.26. The second-order valence-electron chi connectivity index (χ2n) is 4.40. The Hall–Kier alpha value is -2.80. The minimum atomic E-state index is -0.459. The molecule has 0 radical (unpaired) electrons. The van der Waals surface area contributed by atoms with Crippen LogP contribution in [0.3, 0.4) is 0 Å². The molecule has 0 saturated carbocycles. The third kappa shape index (κ3) is 2.94. The number of hydrogen-bond acceptors (Lipinski definition) is 6. The van der Waals surface area contributed by atoms with Gasteiger partial charge in [-0.1, -0.05) is 11.6 Å². The number of nitro benzene ring substituents is 1. The number of hydrogen-bond donors (Lipinski definition) is 1. The van der Waals surface area contributed by atoms with E-state index in [2.05, 4.69) is 10.5 Å². The van der Waals surface area contributed by atoms with E-state index in [0.29, 0.717) is 27.8 Å². The first-order chi connectivity index (χ1) is 10.6. The van der Waals surface area contributed by atoms with E-state index in [4.69, 9.17) is 21.1 Å². The maximum absolute atomic E-state index is 10.6. The van der Waals surface area contributed by atoms with Gasteiger partial charge >= 0.3 is 0 Å². The quantitative estimate of drug-likeness (QED) is 0.530. The number of ether oxygens (including phenoxy) is 2. The monoisotopic (exact) mass is 319 g/mol. The van der Waals surface area contributed by atoms with Gasteiger partial charge in [-0.2, -0.15) is 5.10 Å². The molecule has 112 valence electrons. The summed E-state index contributed by atoms with van der Waals surface area (Å²) in [6, 6.07) is 9.31. The molecule has 1 N–H and O–H groups in total. The molecule has 0 bridgehead atoms. The molecule has 0 aliphatic carbocycles. The second kappa shape index (κ2) is 5.90. The third-order valence-electron chi connectivity index (χ3n) is 2.97. The Bertz CT molecular complexity index is 746. The number of anilines is 1. The third-order valence-corrected chi connectivity index (χ3v) is 3.29. The normalized spacial score (nSPS) is 12.6. The maximum atomic E-state index is 10.6. The van der Waals surface area contributed by atoms with Gasteiger partial charge in [-0.25, -0.2) is 0 Å². The Morgan fingerprint density at radius 3 is 2.59 bits per heavy atom. The van der Waals surface area contributed by atoms with Crippen LogP contribution in [-0.2, 0) is 0 Å². The molecule has 1 heterocycles. The summed E-state index contributed by atoms with van der Waals surface area (Å²) < 4.78 is 10.5. The predicted octanol–water partition coefficient (Wildman–Crippen LogP) is 3.42. The van der Waals surface area contributed by atoms with Gasteiger partial charge in [0.1, 0.15) is 0 Å². The number of fused-ring (bicyclic) bond motifs is 1. The Labute approximate surface area is 130 Å². The zero-order valence-corrected chi connectivity index (χ0v) is 11.9. The highest BCUT2D eigenvalue weighted by molar-refractivity contribution is 6.33. The number of hydrazone groups is 1. The zero-order chi connectivity index (χ0) is 15.5. The van der Waals surface area contributed by atoms with Gasteiger partial charge in [-0.05, 0) is 18.2 Å². The lowest BCUT2D eigenvalue weighted by molar-refractivity contribution is -0.384. The lowest BCUT2D eigenvalue weighted by Crippen LogP contribution is -1.93. The molecule has 2 aromatic carbocycles. The summed E-state index contributed by atoms with van der Waals surface area (Å²) in [6.45, 7) is 0.174. The number of non-ortho nitro benzene ring substituents is 1. The summed E-state index contributed by atoms with van der Waals surface area (Å²) >= 11 is 6.12. The molecule has 1 aliphatic heterocycles. The van der Waals surface area contributed by atoms with Gasteiger partial charge in [-0.15, -0.1) is 0 Å². The van der Waals surface area contributed by atoms with E-state index in [1.807, 2.05) is 0 Å². The van der Waals surface area contributed by atoms with Gasteiger partial charge in [0.15, 0.2) is 11.5 Å². The number of nitrogens with one attached hydrogen (secondary N) is 1. The number of nitro groups is 1. The standard InChI is InChI=1S/C14H10ClN3O4/c15-12-6-14-13(21-8-22-14)5-9(12)7-16-17-10-1-3-11(4-2-10)18(19)20/h1-7,17H,8H2/b16-7+. The van der Waals surface area contributed by atoms with E-state index in [9.17, 15) is 10.1 Å². The van der Waals surface area contributed by atoms with Crippen LogP contribution in [-0.4, -0.2) is 17.9 Å². The minimum Gasteiger partial charge on any atom is -0.454 e. The summed E-state index contributed by atoms with van der Waals surface area (Å²) in [5.41, 5.74) is 4.08. The van der Waals surface area contributed by atoms with Crippen LogP contribution in [0.15, 0.2) is 41.5 Å². The molecule has 0 spiro atoms. The van der Waals surface area contributed by atoms with Crippen molar-refractivity contribution in [3.8, 4) is 11.5 Å². The number of rotatable bonds is 4. The van der Waals surface area contributed by atoms with Crippen LogP contribution in [0.4, 0.5) is 11.4 Å². The van der Waals surface area contributed by atoms with E-state index < -0.39 is 4.92 Å². The van der Waals surface area contributed by atoms with Crippen molar-refractivity contribution in [2.24, 2.45) is 5.10 Å². The molecular weight excluding hydrogens is 310 g/mol. The van der Waals surface area contributed by atoms with Crippen molar-refractivity contribution in [2.45, 2.75) is 0 Å². The summed E-state index contributed by atoms with van der Waals surface area (Å²) in [7, 11) is 0. The molecule has 8 heteroatoms. The van der Waals surface area contributed by atoms with Gasteiger partial charge in [0.25, 0.3) is 5.69 Å². The van der Waals surface area contributed by atoms with Crippen molar-refractivity contribution in [1.29, 1.82) is 0 Å². The van der Waals surface area contributed by atoms with E-state index in [-0.39, 0.29) is 12.5 Å². The van der Waals surface area contributed by atoms with Crippen LogP contribution in [0.25, 0.3) is 0 Å². The number of halogens is 1. The average Bonchev–Trinajstić information content (AvgIpc) is 2.95. The van der Waals surface area contributed by atoms with Crippen molar-refractivity contribution in [1.82, 2.24) is 0 Å². The van der Waals surface area contributed by atoms with Gasteiger partial charge in [-0.3, -0.25) is 15.5 Å². The first kappa shape index (κ1) is 14.2. The van der Waals surface area contributed by atoms with Crippen LogP contribution >= 0.6 is 11.6 Å². The summed E-state index contributed by atoms with van der Waals surface area (Å²) in [6.07, 6.45) is 1.53. The molecule has 3 rings (SSSR count). The topological polar surface area (TPSA) is 86.0 Å². The van der Waals surface area contributed by atoms with E-state index in [1.165, 1.54) is 18.3 Å². The molecule has 7 nitrogen and oxygen atoms in total. The van der Waals surface area contributed by atoms with Gasteiger partial charge in [0.05, 0.1) is 21.8 Å². The number of benzene rings is 2. The Balaban J connectivity index is 1.71. The fraction of sp³-hybridized carbons (Fsp3) is 0.0714. The smallest absolute Gasteiger partial charge is 0.269 e. The van der Waals surface area contributed by atoms with Crippen LogP contribution < -0.4 is 14.9 Å². The maximum Gasteiger partial charge on any atom is 0.269 e. The molecule has 1 aliphatic rings. The van der Waals surface area contributed by atoms with Gasteiger partial charge in [0, 0.05) is 23.8 Å². The highest BCUT2D eigenvalue weighted by Gasteiger charge is 2.15. The van der Waals surface area contributed by atoms with Crippen molar-refractivity contribution in [3.63, 3.8) is 0 Å². The van der Waals surface area contributed by atoms with E-state index in [0.717, 1.165) is 0 Å². The Morgan fingerprint density at radius 2 is 1.91 bits per heavy atom. The first-order valence-corrected chi connectivity index (χ1v) is 6.64. The molecule has 0 aromatic heterocycles. The summed E-state index contributed by atoms with van der Waals surface area (Å²) in [5.74, 6) is 1.21. The van der Waals surface area contributed by atoms with Crippen LogP contribution in [0.1, 0.15) is 5.56 Å². The largest absolute Gasteiger partial charge is 0.454 e. The Morgan fingerprint density at radius 1 is 1.23 bits per heavy atom. The second-order valence-corrected chi connectivity index (χ2v) is 4.81. The van der Waals surface area contributed by atoms with E-state index >= 15 is 0 Å². The van der Waals surface area contributed by atoms with Crippen LogP contribution in [0.2, 0.25) is 5.02 Å². The lowest BCUT2D eigenvalue weighted by atomic mass is 10.2. The van der Waals surface area contributed by atoms with Gasteiger partial charge in [0.2, 0.25) is 6.79 Å². The van der Waals surface area contributed by atoms with E-state index in [1.54, 1.807) is 24.3 Å². The summed E-state index contributed by atoms with van der Waals surface area (Å²) in [4.78, 5) is 10.1. The molecule has 0 fully saturated rings. The highest BCUT2D eigenvalue weighted by atomic mass is 35.5. The van der Waals surface area contributed by atoms with Crippen molar-refractivity contribution in [2.75, 3.05) is 12.2 Å². The zero-order valence-electron chi connectivity index (χ0n) is 11.2. The Kier molecular flexibility index (Phi) is 3.80. The minimum absolute atomic E-state index is 0.0216. The van der Waals surface area contributed by atoms with Gasteiger partial charge < -0.3 is 9.47 Å². The molecule has 0 saturated heterocycles. The predicted molar refractivity (Wildman–Crippen MR) is 81.9 cm³/mol. The summed E-state index contributed by atoms with van der Waals surface area (Å²) in [5, 5.41) is 15.1. The SMILES string of the molecule is O=[N+]([O-])c1ccc(N/N=C/c2cc3c(cc2Cl)OCO3)cc1. The fourth-order valence-corrected chi connectivity index (χ4v) is 2.07.